The van der Waals surface area contributed by atoms with Crippen LogP contribution >= 0.6 is 0 Å². The molecular formula is C20H16IrN-. The van der Waals surface area contributed by atoms with Crippen molar-refractivity contribution in [1.82, 2.24) is 4.98 Å². The molecule has 0 atom stereocenters. The first-order chi connectivity index (χ1) is 10.2. The third kappa shape index (κ3) is 2.54. The zero-order valence-corrected chi connectivity index (χ0v) is 15.0. The molecule has 4 rings (SSSR count). The minimum Gasteiger partial charge on any atom is -0.305 e. The molecule has 3 aromatic rings. The van der Waals surface area contributed by atoms with Gasteiger partial charge in [-0.05, 0) is 37.6 Å². The summed E-state index contributed by atoms with van der Waals surface area (Å²) in [5.41, 5.74) is 10.1. The summed E-state index contributed by atoms with van der Waals surface area (Å²) in [6, 6.07) is 18.6. The van der Waals surface area contributed by atoms with Crippen molar-refractivity contribution >= 4 is 0 Å². The van der Waals surface area contributed by atoms with Crippen molar-refractivity contribution in [2.75, 3.05) is 0 Å². The van der Waals surface area contributed by atoms with E-state index in [4.69, 9.17) is 0 Å². The average Bonchev–Trinajstić information content (AvgIpc) is 2.83. The van der Waals surface area contributed by atoms with Gasteiger partial charge in [-0.2, -0.15) is 0 Å². The van der Waals surface area contributed by atoms with E-state index in [-0.39, 0.29) is 20.1 Å². The van der Waals surface area contributed by atoms with Crippen molar-refractivity contribution in [3.05, 3.63) is 77.0 Å². The van der Waals surface area contributed by atoms with Crippen LogP contribution in [0.2, 0.25) is 0 Å². The van der Waals surface area contributed by atoms with Gasteiger partial charge in [-0.3, -0.25) is 0 Å². The second kappa shape index (κ2) is 5.79. The Labute approximate surface area is 144 Å². The maximum Gasteiger partial charge on any atom is 0.0163 e. The van der Waals surface area contributed by atoms with Crippen molar-refractivity contribution in [3.63, 3.8) is 0 Å². The first-order valence-electron chi connectivity index (χ1n) is 7.28. The summed E-state index contributed by atoms with van der Waals surface area (Å²) in [6.07, 6.45) is 2.88. The number of hydrogen-bond donors (Lipinski definition) is 0. The molecular weight excluding hydrogens is 446 g/mol. The van der Waals surface area contributed by atoms with E-state index in [1.807, 2.05) is 12.3 Å². The molecule has 0 amide bonds. The van der Waals surface area contributed by atoms with E-state index in [0.29, 0.717) is 0 Å². The van der Waals surface area contributed by atoms with E-state index in [0.717, 1.165) is 17.7 Å². The van der Waals surface area contributed by atoms with E-state index in [2.05, 4.69) is 61.3 Å². The van der Waals surface area contributed by atoms with E-state index < -0.39 is 0 Å². The third-order valence-corrected chi connectivity index (χ3v) is 4.16. The number of fused-ring (bicyclic) bond motifs is 3. The quantitative estimate of drug-likeness (QED) is 0.373. The van der Waals surface area contributed by atoms with Crippen molar-refractivity contribution in [1.29, 1.82) is 0 Å². The molecule has 22 heavy (non-hydrogen) atoms. The first-order valence-corrected chi connectivity index (χ1v) is 7.28. The minimum absolute atomic E-state index is 0. The van der Waals surface area contributed by atoms with Gasteiger partial charge < -0.3 is 4.98 Å². The van der Waals surface area contributed by atoms with Crippen LogP contribution in [0.15, 0.2) is 48.7 Å². The van der Waals surface area contributed by atoms with Gasteiger partial charge in [-0.15, -0.1) is 29.3 Å². The standard InChI is InChI=1S/C20H16N.Ir/c1-13-3-5-18-16(9-13)12-17-11-15(4-6-19(17)18)20-10-14(2)7-8-21-20;/h3,5-11H,12H2,1-2H3;/q-1;. The molecule has 0 saturated heterocycles. The van der Waals surface area contributed by atoms with Crippen molar-refractivity contribution < 1.29 is 20.1 Å². The van der Waals surface area contributed by atoms with Crippen molar-refractivity contribution in [3.8, 4) is 22.4 Å². The summed E-state index contributed by atoms with van der Waals surface area (Å²) < 4.78 is 0. The largest absolute Gasteiger partial charge is 0.305 e. The second-order valence-corrected chi connectivity index (χ2v) is 5.84. The SMILES string of the molecule is Cc1ccnc(-c2[c-]cc3c(c2)Cc2cc(C)ccc2-3)c1.[Ir]. The van der Waals surface area contributed by atoms with Crippen molar-refractivity contribution in [2.24, 2.45) is 0 Å². The van der Waals surface area contributed by atoms with Crippen LogP contribution in [0.4, 0.5) is 0 Å². The molecule has 0 N–H and O–H groups in total. The number of pyridine rings is 1. The third-order valence-electron chi connectivity index (χ3n) is 4.16. The average molecular weight is 463 g/mol. The Morgan fingerprint density at radius 3 is 2.50 bits per heavy atom. The Kier molecular flexibility index (Phi) is 3.99. The Morgan fingerprint density at radius 2 is 1.68 bits per heavy atom. The van der Waals surface area contributed by atoms with Crippen LogP contribution in [0.25, 0.3) is 22.4 Å². The monoisotopic (exact) mass is 463 g/mol. The molecule has 0 fully saturated rings. The van der Waals surface area contributed by atoms with E-state index in [1.165, 1.54) is 33.4 Å². The number of aryl methyl sites for hydroxylation is 2. The number of aromatic nitrogens is 1. The summed E-state index contributed by atoms with van der Waals surface area (Å²) in [4.78, 5) is 4.47. The van der Waals surface area contributed by atoms with Gasteiger partial charge in [0.05, 0.1) is 0 Å². The number of benzene rings is 2. The molecule has 1 radical (unpaired) electrons. The van der Waals surface area contributed by atoms with E-state index in [9.17, 15) is 0 Å². The summed E-state index contributed by atoms with van der Waals surface area (Å²) >= 11 is 0. The van der Waals surface area contributed by atoms with Gasteiger partial charge in [0.15, 0.2) is 0 Å². The van der Waals surface area contributed by atoms with Crippen LogP contribution in [0, 0.1) is 19.9 Å². The molecule has 111 valence electrons. The van der Waals surface area contributed by atoms with Crippen LogP contribution in [-0.2, 0) is 26.5 Å². The molecule has 0 bridgehead atoms. The summed E-state index contributed by atoms with van der Waals surface area (Å²) in [5.74, 6) is 0. The molecule has 1 aromatic heterocycles. The van der Waals surface area contributed by atoms with Gasteiger partial charge >= 0.3 is 0 Å². The fraction of sp³-hybridized carbons (Fsp3) is 0.150. The predicted octanol–water partition coefficient (Wildman–Crippen LogP) is 4.73. The van der Waals surface area contributed by atoms with Crippen LogP contribution in [0.3, 0.4) is 0 Å². The Hall–Kier alpha value is -1.76. The van der Waals surface area contributed by atoms with Crippen LogP contribution in [0.5, 0.6) is 0 Å². The van der Waals surface area contributed by atoms with Gasteiger partial charge in [0.1, 0.15) is 0 Å². The number of rotatable bonds is 1. The smallest absolute Gasteiger partial charge is 0.0163 e. The normalized spacial score (nSPS) is 11.5. The van der Waals surface area contributed by atoms with Crippen LogP contribution in [-0.4, -0.2) is 4.98 Å². The Morgan fingerprint density at radius 1 is 0.909 bits per heavy atom. The molecule has 0 spiro atoms. The van der Waals surface area contributed by atoms with E-state index >= 15 is 0 Å². The molecule has 1 heterocycles. The molecule has 2 aromatic carbocycles. The zero-order valence-electron chi connectivity index (χ0n) is 12.6. The maximum absolute atomic E-state index is 4.47. The molecule has 1 aliphatic rings. The van der Waals surface area contributed by atoms with Gasteiger partial charge in [-0.1, -0.05) is 46.5 Å². The van der Waals surface area contributed by atoms with Gasteiger partial charge in [-0.25, -0.2) is 0 Å². The molecule has 1 aliphatic carbocycles. The van der Waals surface area contributed by atoms with Gasteiger partial charge in [0, 0.05) is 26.3 Å². The van der Waals surface area contributed by atoms with Crippen LogP contribution in [0.1, 0.15) is 22.3 Å². The predicted molar refractivity (Wildman–Crippen MR) is 86.2 cm³/mol. The molecule has 0 saturated carbocycles. The fourth-order valence-electron chi connectivity index (χ4n) is 3.10. The topological polar surface area (TPSA) is 12.9 Å². The summed E-state index contributed by atoms with van der Waals surface area (Å²) in [7, 11) is 0. The molecule has 0 aliphatic heterocycles. The molecule has 1 nitrogen and oxygen atoms in total. The number of nitrogens with zero attached hydrogens (tertiary/aromatic N) is 1. The zero-order chi connectivity index (χ0) is 14.4. The van der Waals surface area contributed by atoms with Gasteiger partial charge in [0.25, 0.3) is 0 Å². The Bertz CT molecular complexity index is 852. The van der Waals surface area contributed by atoms with Crippen LogP contribution < -0.4 is 0 Å². The van der Waals surface area contributed by atoms with Crippen molar-refractivity contribution in [2.45, 2.75) is 20.3 Å². The number of hydrogen-bond acceptors (Lipinski definition) is 1. The maximum atomic E-state index is 4.47. The molecule has 2 heteroatoms. The first kappa shape index (κ1) is 15.1. The summed E-state index contributed by atoms with van der Waals surface area (Å²) in [5, 5.41) is 0. The second-order valence-electron chi connectivity index (χ2n) is 5.84. The fourth-order valence-corrected chi connectivity index (χ4v) is 3.10. The van der Waals surface area contributed by atoms with Gasteiger partial charge in [0.2, 0.25) is 0 Å². The summed E-state index contributed by atoms with van der Waals surface area (Å²) in [6.45, 7) is 4.24. The Balaban J connectivity index is 0.00000144. The molecule has 0 unspecified atom stereocenters. The minimum atomic E-state index is 0. The van der Waals surface area contributed by atoms with E-state index in [1.54, 1.807) is 0 Å².